The molecule has 0 aliphatic heterocycles. The first-order valence-corrected chi connectivity index (χ1v) is 10.2. The van der Waals surface area contributed by atoms with Crippen LogP contribution in [0.15, 0.2) is 48.7 Å². The van der Waals surface area contributed by atoms with E-state index in [-0.39, 0.29) is 23.9 Å². The molecule has 0 spiro atoms. The number of aliphatic hydroxyl groups excluding tert-OH is 1. The summed E-state index contributed by atoms with van der Waals surface area (Å²) in [5.74, 6) is -0.171. The number of nitrogens with one attached hydrogen (secondary N) is 2. The highest BCUT2D eigenvalue weighted by Gasteiger charge is 2.17. The van der Waals surface area contributed by atoms with Crippen molar-refractivity contribution in [2.45, 2.75) is 26.0 Å². The molecule has 9 heteroatoms. The first-order valence-electron chi connectivity index (χ1n) is 9.81. The van der Waals surface area contributed by atoms with Gasteiger partial charge in [-0.25, -0.2) is 9.67 Å². The van der Waals surface area contributed by atoms with Crippen LogP contribution in [0.4, 0.5) is 0 Å². The van der Waals surface area contributed by atoms with E-state index < -0.39 is 6.10 Å². The van der Waals surface area contributed by atoms with E-state index in [2.05, 4.69) is 15.4 Å². The third-order valence-electron chi connectivity index (χ3n) is 4.75. The minimum atomic E-state index is -0.721. The van der Waals surface area contributed by atoms with Gasteiger partial charge in [-0.2, -0.15) is 5.10 Å². The number of methoxy groups -OCH3 is 1. The number of rotatable bonds is 8. The number of pyridine rings is 1. The quantitative estimate of drug-likeness (QED) is 0.497. The van der Waals surface area contributed by atoms with E-state index in [4.69, 9.17) is 21.7 Å². The minimum absolute atomic E-state index is 0.194. The van der Waals surface area contributed by atoms with Gasteiger partial charge in [0.25, 0.3) is 5.91 Å². The summed E-state index contributed by atoms with van der Waals surface area (Å²) in [6.07, 6.45) is 1.19. The molecule has 2 aromatic heterocycles. The summed E-state index contributed by atoms with van der Waals surface area (Å²) in [6, 6.07) is 11.9. The maximum absolute atomic E-state index is 12.8. The van der Waals surface area contributed by atoms with Crippen LogP contribution in [0.5, 0.6) is 5.88 Å². The largest absolute Gasteiger partial charge is 0.480 e. The summed E-state index contributed by atoms with van der Waals surface area (Å²) < 4.78 is 6.79. The Morgan fingerprint density at radius 3 is 2.71 bits per heavy atom. The van der Waals surface area contributed by atoms with Crippen LogP contribution >= 0.6 is 11.6 Å². The van der Waals surface area contributed by atoms with E-state index >= 15 is 0 Å². The van der Waals surface area contributed by atoms with E-state index in [1.54, 1.807) is 53.3 Å². The van der Waals surface area contributed by atoms with Gasteiger partial charge in [-0.3, -0.25) is 10.2 Å². The van der Waals surface area contributed by atoms with Gasteiger partial charge in [-0.1, -0.05) is 23.7 Å². The predicted octanol–water partition coefficient (Wildman–Crippen LogP) is 2.96. The van der Waals surface area contributed by atoms with Gasteiger partial charge in [0.1, 0.15) is 11.1 Å². The number of hydrogen-bond acceptors (Lipinski definition) is 6. The Morgan fingerprint density at radius 1 is 1.29 bits per heavy atom. The number of halogens is 1. The predicted molar refractivity (Wildman–Crippen MR) is 117 cm³/mol. The highest BCUT2D eigenvalue weighted by Crippen LogP contribution is 2.23. The monoisotopic (exact) mass is 441 g/mol. The molecule has 1 amide bonds. The second-order valence-electron chi connectivity index (χ2n) is 6.81. The fourth-order valence-corrected chi connectivity index (χ4v) is 3.17. The molecule has 3 N–H and O–H groups in total. The fraction of sp³-hybridized carbons (Fsp3) is 0.273. The number of aromatic nitrogens is 3. The number of carbonyl (C=O) groups is 1. The van der Waals surface area contributed by atoms with Crippen LogP contribution in [0, 0.1) is 5.41 Å². The first-order chi connectivity index (χ1) is 14.9. The summed E-state index contributed by atoms with van der Waals surface area (Å²) in [7, 11) is 1.45. The number of carbonyl (C=O) groups excluding carboxylic acids is 1. The van der Waals surface area contributed by atoms with Crippen LogP contribution in [0.3, 0.4) is 0 Å². The third-order valence-corrected chi connectivity index (χ3v) is 5.00. The summed E-state index contributed by atoms with van der Waals surface area (Å²) in [6.45, 7) is 2.72. The fourth-order valence-electron chi connectivity index (χ4n) is 3.04. The van der Waals surface area contributed by atoms with Gasteiger partial charge < -0.3 is 15.2 Å². The van der Waals surface area contributed by atoms with Gasteiger partial charge in [-0.05, 0) is 49.2 Å². The number of aryl methyl sites for hydroxylation is 1. The maximum atomic E-state index is 12.8. The molecule has 1 atom stereocenters. The van der Waals surface area contributed by atoms with Gasteiger partial charge in [0.05, 0.1) is 18.9 Å². The van der Waals surface area contributed by atoms with Crippen molar-refractivity contribution >= 4 is 17.5 Å². The Balaban J connectivity index is 1.73. The average molecular weight is 442 g/mol. The van der Waals surface area contributed by atoms with E-state index in [1.807, 2.05) is 6.92 Å². The molecule has 0 radical (unpaired) electrons. The van der Waals surface area contributed by atoms with E-state index in [0.717, 1.165) is 5.56 Å². The molecule has 162 valence electrons. The molecule has 2 heterocycles. The van der Waals surface area contributed by atoms with Crippen molar-refractivity contribution in [2.24, 2.45) is 0 Å². The number of hydrogen-bond donors (Lipinski definition) is 3. The zero-order chi connectivity index (χ0) is 22.4. The molecule has 0 aliphatic carbocycles. The normalized spacial score (nSPS) is 11.7. The Labute approximate surface area is 185 Å². The van der Waals surface area contributed by atoms with E-state index in [9.17, 15) is 9.90 Å². The van der Waals surface area contributed by atoms with E-state index in [1.165, 1.54) is 7.11 Å². The average Bonchev–Trinajstić information content (AvgIpc) is 2.79. The number of nitrogens with zero attached hydrogens (tertiary/aromatic N) is 3. The van der Waals surface area contributed by atoms with Crippen LogP contribution in [-0.2, 0) is 6.54 Å². The topological polar surface area (TPSA) is 113 Å². The first kappa shape index (κ1) is 22.5. The molecule has 0 saturated heterocycles. The lowest BCUT2D eigenvalue weighted by Gasteiger charge is -2.13. The molecule has 0 aliphatic rings. The highest BCUT2D eigenvalue weighted by molar-refractivity contribution is 6.30. The Morgan fingerprint density at radius 2 is 2.03 bits per heavy atom. The standard InChI is InChI=1S/C22H24ClN5O3/c1-3-28-20(24)9-8-18(27-28)15-12-17(22(31-2)26-13-15)21(30)25-11-10-19(29)14-4-6-16(23)7-5-14/h4-9,12-13,19,24,29H,3,10-11H2,1-2H3,(H,25,30). The molecular formula is C22H24ClN5O3. The zero-order valence-electron chi connectivity index (χ0n) is 17.3. The van der Waals surface area contributed by atoms with Gasteiger partial charge in [0, 0.05) is 29.9 Å². The van der Waals surface area contributed by atoms with Crippen molar-refractivity contribution in [3.05, 3.63) is 70.3 Å². The number of ether oxygens (including phenoxy) is 1. The van der Waals surface area contributed by atoms with Crippen molar-refractivity contribution in [3.8, 4) is 17.1 Å². The number of amides is 1. The molecular weight excluding hydrogens is 418 g/mol. The van der Waals surface area contributed by atoms with E-state index in [0.29, 0.717) is 34.7 Å². The molecule has 8 nitrogen and oxygen atoms in total. The van der Waals surface area contributed by atoms with Crippen molar-refractivity contribution in [1.29, 1.82) is 5.41 Å². The summed E-state index contributed by atoms with van der Waals surface area (Å²) in [5.41, 5.74) is 2.52. The molecule has 31 heavy (non-hydrogen) atoms. The summed E-state index contributed by atoms with van der Waals surface area (Å²) >= 11 is 5.87. The third kappa shape index (κ3) is 5.48. The van der Waals surface area contributed by atoms with Crippen molar-refractivity contribution < 1.29 is 14.6 Å². The number of aliphatic hydroxyl groups is 1. The second kappa shape index (κ2) is 10.2. The molecule has 3 rings (SSSR count). The lowest BCUT2D eigenvalue weighted by atomic mass is 10.1. The zero-order valence-corrected chi connectivity index (χ0v) is 18.1. The molecule has 0 fully saturated rings. The Kier molecular flexibility index (Phi) is 7.38. The van der Waals surface area contributed by atoms with Crippen LogP contribution in [0.2, 0.25) is 5.02 Å². The molecule has 1 unspecified atom stereocenters. The van der Waals surface area contributed by atoms with Crippen molar-refractivity contribution in [2.75, 3.05) is 13.7 Å². The minimum Gasteiger partial charge on any atom is -0.480 e. The molecule has 1 aromatic carbocycles. The maximum Gasteiger partial charge on any atom is 0.256 e. The lowest BCUT2D eigenvalue weighted by Crippen LogP contribution is -2.26. The van der Waals surface area contributed by atoms with Crippen LogP contribution < -0.4 is 15.5 Å². The smallest absolute Gasteiger partial charge is 0.256 e. The van der Waals surface area contributed by atoms with Gasteiger partial charge in [-0.15, -0.1) is 0 Å². The highest BCUT2D eigenvalue weighted by atomic mass is 35.5. The van der Waals surface area contributed by atoms with Crippen LogP contribution in [0.1, 0.15) is 35.4 Å². The summed E-state index contributed by atoms with van der Waals surface area (Å²) in [4.78, 5) is 17.0. The van der Waals surface area contributed by atoms with Crippen molar-refractivity contribution in [3.63, 3.8) is 0 Å². The number of benzene rings is 1. The Bertz CT molecular complexity index is 1110. The molecule has 0 bridgehead atoms. The van der Waals surface area contributed by atoms with Gasteiger partial charge in [0.15, 0.2) is 0 Å². The van der Waals surface area contributed by atoms with Crippen molar-refractivity contribution in [1.82, 2.24) is 20.1 Å². The molecule has 0 saturated carbocycles. The molecule has 3 aromatic rings. The van der Waals surface area contributed by atoms with Crippen LogP contribution in [0.25, 0.3) is 11.3 Å². The van der Waals surface area contributed by atoms with Crippen LogP contribution in [-0.4, -0.2) is 39.4 Å². The Hall–Kier alpha value is -3.23. The lowest BCUT2D eigenvalue weighted by molar-refractivity contribution is 0.0939. The van der Waals surface area contributed by atoms with Gasteiger partial charge >= 0.3 is 0 Å². The van der Waals surface area contributed by atoms with Gasteiger partial charge in [0.2, 0.25) is 5.88 Å². The summed E-state index contributed by atoms with van der Waals surface area (Å²) in [5, 5.41) is 26.0. The SMILES string of the molecule is CCn1nc(-c2cnc(OC)c(C(=O)NCCC(O)c3ccc(Cl)cc3)c2)ccc1=N. The second-order valence-corrected chi connectivity index (χ2v) is 7.25.